The van der Waals surface area contributed by atoms with Crippen molar-refractivity contribution < 1.29 is 18.0 Å². The highest BCUT2D eigenvalue weighted by atomic mass is 79.9. The maximum atomic E-state index is 13.9. The number of carbonyl (C=O) groups excluding carboxylic acids is 2. The van der Waals surface area contributed by atoms with Gasteiger partial charge < -0.3 is 10.2 Å². The Morgan fingerprint density at radius 2 is 1.49 bits per heavy atom. The molecule has 0 aliphatic rings. The lowest BCUT2D eigenvalue weighted by molar-refractivity contribution is -0.140. The third kappa shape index (κ3) is 7.42. The first kappa shape index (κ1) is 28.4. The van der Waals surface area contributed by atoms with Gasteiger partial charge in [0.15, 0.2) is 0 Å². The van der Waals surface area contributed by atoms with Crippen LogP contribution >= 0.6 is 15.9 Å². The van der Waals surface area contributed by atoms with Gasteiger partial charge in [0.25, 0.3) is 10.0 Å². The molecule has 9 heteroatoms. The van der Waals surface area contributed by atoms with E-state index >= 15 is 0 Å². The summed E-state index contributed by atoms with van der Waals surface area (Å²) in [6.45, 7) is 4.02. The summed E-state index contributed by atoms with van der Waals surface area (Å²) in [6.07, 6.45) is 1.15. The number of sulfonamides is 1. The summed E-state index contributed by atoms with van der Waals surface area (Å²) >= 11 is 3.38. The van der Waals surface area contributed by atoms with Crippen molar-refractivity contribution in [1.82, 2.24) is 10.2 Å². The monoisotopic (exact) mass is 585 g/mol. The number of hydrogen-bond acceptors (Lipinski definition) is 4. The molecular formula is C28H32BrN3O4S. The summed E-state index contributed by atoms with van der Waals surface area (Å²) in [5.74, 6) is -0.723. The van der Waals surface area contributed by atoms with Gasteiger partial charge >= 0.3 is 0 Å². The number of nitrogens with one attached hydrogen (secondary N) is 1. The first-order chi connectivity index (χ1) is 17.8. The fraction of sp³-hybridized carbons (Fsp3) is 0.286. The molecule has 196 valence electrons. The minimum absolute atomic E-state index is 0.0769. The van der Waals surface area contributed by atoms with E-state index in [1.807, 2.05) is 44.2 Å². The molecule has 1 N–H and O–H groups in total. The molecule has 0 aromatic heterocycles. The van der Waals surface area contributed by atoms with Crippen LogP contribution in [0, 0.1) is 0 Å². The summed E-state index contributed by atoms with van der Waals surface area (Å²) in [6, 6.07) is 23.4. The average Bonchev–Trinajstić information content (AvgIpc) is 2.92. The Kier molecular flexibility index (Phi) is 10.3. The quantitative estimate of drug-likeness (QED) is 0.325. The van der Waals surface area contributed by atoms with Crippen molar-refractivity contribution in [2.45, 2.75) is 44.2 Å². The zero-order chi connectivity index (χ0) is 26.8. The number of anilines is 1. The summed E-state index contributed by atoms with van der Waals surface area (Å²) in [5.41, 5.74) is 1.20. The van der Waals surface area contributed by atoms with Crippen molar-refractivity contribution in [3.8, 4) is 0 Å². The lowest BCUT2D eigenvalue weighted by atomic mass is 10.1. The van der Waals surface area contributed by atoms with Crippen molar-refractivity contribution in [1.29, 1.82) is 0 Å². The van der Waals surface area contributed by atoms with Crippen LogP contribution in [0.3, 0.4) is 0 Å². The molecule has 3 aromatic rings. The van der Waals surface area contributed by atoms with Crippen LogP contribution in [-0.4, -0.2) is 44.3 Å². The summed E-state index contributed by atoms with van der Waals surface area (Å²) < 4.78 is 29.3. The van der Waals surface area contributed by atoms with Crippen LogP contribution in [0.25, 0.3) is 0 Å². The van der Waals surface area contributed by atoms with E-state index in [1.165, 1.54) is 17.0 Å². The van der Waals surface area contributed by atoms with Crippen molar-refractivity contribution in [3.63, 3.8) is 0 Å². The van der Waals surface area contributed by atoms with Gasteiger partial charge in [0.2, 0.25) is 11.8 Å². The third-order valence-corrected chi connectivity index (χ3v) is 8.17. The third-order valence-electron chi connectivity index (χ3n) is 5.86. The Labute approximate surface area is 227 Å². The SMILES string of the molecule is CCCNC(=O)[C@H](CC)N(Cc1ccccc1)C(=O)CN(c1ccc(Br)cc1)S(=O)(=O)c1ccccc1. The molecule has 0 aliphatic carbocycles. The summed E-state index contributed by atoms with van der Waals surface area (Å²) in [4.78, 5) is 28.5. The Hall–Kier alpha value is -3.17. The summed E-state index contributed by atoms with van der Waals surface area (Å²) in [5, 5.41) is 2.88. The maximum absolute atomic E-state index is 13.9. The molecule has 7 nitrogen and oxygen atoms in total. The highest BCUT2D eigenvalue weighted by molar-refractivity contribution is 9.10. The predicted octanol–water partition coefficient (Wildman–Crippen LogP) is 4.98. The topological polar surface area (TPSA) is 86.8 Å². The Bertz CT molecular complexity index is 1270. The van der Waals surface area contributed by atoms with Crippen molar-refractivity contribution >= 4 is 43.5 Å². The van der Waals surface area contributed by atoms with Gasteiger partial charge in [-0.05, 0) is 54.8 Å². The first-order valence-electron chi connectivity index (χ1n) is 12.2. The highest BCUT2D eigenvalue weighted by Gasteiger charge is 2.33. The number of nitrogens with zero attached hydrogens (tertiary/aromatic N) is 2. The van der Waals surface area contributed by atoms with Gasteiger partial charge in [0.1, 0.15) is 12.6 Å². The molecule has 37 heavy (non-hydrogen) atoms. The number of amides is 2. The van der Waals surface area contributed by atoms with Gasteiger partial charge in [-0.3, -0.25) is 13.9 Å². The van der Waals surface area contributed by atoms with Crippen molar-refractivity contribution in [3.05, 3.63) is 95.0 Å². The molecule has 2 amide bonds. The van der Waals surface area contributed by atoms with Gasteiger partial charge in [-0.1, -0.05) is 78.3 Å². The lowest BCUT2D eigenvalue weighted by Gasteiger charge is -2.33. The molecule has 3 rings (SSSR count). The second-order valence-electron chi connectivity index (χ2n) is 8.52. The van der Waals surface area contributed by atoms with E-state index in [4.69, 9.17) is 0 Å². The van der Waals surface area contributed by atoms with Crippen molar-refractivity contribution in [2.24, 2.45) is 0 Å². The molecule has 1 atom stereocenters. The number of carbonyl (C=O) groups is 2. The zero-order valence-electron chi connectivity index (χ0n) is 21.0. The summed E-state index contributed by atoms with van der Waals surface area (Å²) in [7, 11) is -4.07. The molecular weight excluding hydrogens is 554 g/mol. The minimum atomic E-state index is -4.07. The van der Waals surface area contributed by atoms with E-state index in [0.717, 1.165) is 20.8 Å². The zero-order valence-corrected chi connectivity index (χ0v) is 23.4. The lowest BCUT2D eigenvalue weighted by Crippen LogP contribution is -2.52. The van der Waals surface area contributed by atoms with Gasteiger partial charge in [-0.25, -0.2) is 8.42 Å². The fourth-order valence-electron chi connectivity index (χ4n) is 3.92. The number of hydrogen-bond donors (Lipinski definition) is 1. The largest absolute Gasteiger partial charge is 0.354 e. The van der Waals surface area contributed by atoms with Gasteiger partial charge in [-0.15, -0.1) is 0 Å². The van der Waals surface area contributed by atoms with Gasteiger partial charge in [-0.2, -0.15) is 0 Å². The molecule has 0 saturated heterocycles. The highest BCUT2D eigenvalue weighted by Crippen LogP contribution is 2.26. The molecule has 0 bridgehead atoms. The van der Waals surface area contributed by atoms with Crippen LogP contribution in [0.5, 0.6) is 0 Å². The van der Waals surface area contributed by atoms with Crippen LogP contribution in [0.4, 0.5) is 5.69 Å². The molecule has 0 spiro atoms. The molecule has 3 aromatic carbocycles. The molecule has 0 heterocycles. The Morgan fingerprint density at radius 1 is 0.892 bits per heavy atom. The Balaban J connectivity index is 2.02. The van der Waals surface area contributed by atoms with Gasteiger partial charge in [0, 0.05) is 17.6 Å². The maximum Gasteiger partial charge on any atom is 0.264 e. The molecule has 0 saturated carbocycles. The molecule has 0 unspecified atom stereocenters. The Morgan fingerprint density at radius 3 is 2.05 bits per heavy atom. The van der Waals surface area contributed by atoms with E-state index in [0.29, 0.717) is 18.7 Å². The second-order valence-corrected chi connectivity index (χ2v) is 11.3. The van der Waals surface area contributed by atoms with E-state index in [9.17, 15) is 18.0 Å². The fourth-order valence-corrected chi connectivity index (χ4v) is 5.62. The normalized spacial score (nSPS) is 12.0. The van der Waals surface area contributed by atoms with Crippen LogP contribution in [-0.2, 0) is 26.2 Å². The van der Waals surface area contributed by atoms with E-state index < -0.39 is 28.5 Å². The van der Waals surface area contributed by atoms with Crippen LogP contribution < -0.4 is 9.62 Å². The number of benzene rings is 3. The van der Waals surface area contributed by atoms with Crippen LogP contribution in [0.2, 0.25) is 0 Å². The average molecular weight is 587 g/mol. The number of halogens is 1. The van der Waals surface area contributed by atoms with E-state index in [2.05, 4.69) is 21.2 Å². The predicted molar refractivity (Wildman–Crippen MR) is 149 cm³/mol. The van der Waals surface area contributed by atoms with Crippen LogP contribution in [0.15, 0.2) is 94.3 Å². The number of rotatable bonds is 12. The van der Waals surface area contributed by atoms with Crippen LogP contribution in [0.1, 0.15) is 32.3 Å². The van der Waals surface area contributed by atoms with E-state index in [1.54, 1.807) is 42.5 Å². The molecule has 0 aliphatic heterocycles. The molecule has 0 radical (unpaired) electrons. The smallest absolute Gasteiger partial charge is 0.264 e. The first-order valence-corrected chi connectivity index (χ1v) is 14.5. The van der Waals surface area contributed by atoms with Gasteiger partial charge in [0.05, 0.1) is 10.6 Å². The standard InChI is InChI=1S/C28H32BrN3O4S/c1-3-19-30-28(34)26(4-2)31(20-22-11-7-5-8-12-22)27(33)21-32(24-17-15-23(29)16-18-24)37(35,36)25-13-9-6-10-14-25/h5-18,26H,3-4,19-21H2,1-2H3,(H,30,34)/t26-/m0/s1. The second kappa shape index (κ2) is 13.4. The van der Waals surface area contributed by atoms with Crippen molar-refractivity contribution in [2.75, 3.05) is 17.4 Å². The minimum Gasteiger partial charge on any atom is -0.354 e. The molecule has 0 fully saturated rings. The van der Waals surface area contributed by atoms with E-state index in [-0.39, 0.29) is 17.3 Å².